The lowest BCUT2D eigenvalue weighted by Crippen LogP contribution is -2.54. The van der Waals surface area contributed by atoms with Crippen molar-refractivity contribution in [3.05, 3.63) is 24.3 Å². The lowest BCUT2D eigenvalue weighted by atomic mass is 10.2. The molecule has 27 heavy (non-hydrogen) atoms. The Morgan fingerprint density at radius 2 is 2.04 bits per heavy atom. The Morgan fingerprint density at radius 3 is 2.70 bits per heavy atom. The number of carbonyl (C=O) groups is 2. The summed E-state index contributed by atoms with van der Waals surface area (Å²) >= 11 is 0. The number of benzene rings is 1. The van der Waals surface area contributed by atoms with Crippen molar-refractivity contribution in [1.29, 1.82) is 0 Å². The zero-order valence-corrected chi connectivity index (χ0v) is 16.7. The summed E-state index contributed by atoms with van der Waals surface area (Å²) in [5.41, 5.74) is 0.574. The standard InChI is InChI=1S/C18H27N3O5S/c1-4-10-19-17(22)16-12-21(14-7-5-6-8-15(14)26-16)18(23)20-13(2)9-11-27(3,24)25/h5-8,13,16H,4,9-12H2,1-3H3,(H,19,22)(H,20,23). The maximum atomic E-state index is 12.8. The number of ether oxygens (including phenoxy) is 1. The molecule has 0 bridgehead atoms. The van der Waals surface area contributed by atoms with Gasteiger partial charge in [-0.3, -0.25) is 9.69 Å². The van der Waals surface area contributed by atoms with Gasteiger partial charge in [0.1, 0.15) is 15.6 Å². The van der Waals surface area contributed by atoms with Crippen molar-refractivity contribution < 1.29 is 22.7 Å². The fourth-order valence-corrected chi connectivity index (χ4v) is 3.46. The molecular weight excluding hydrogens is 370 g/mol. The molecule has 0 aromatic heterocycles. The van der Waals surface area contributed by atoms with Crippen LogP contribution >= 0.6 is 0 Å². The molecule has 0 saturated carbocycles. The van der Waals surface area contributed by atoms with E-state index in [0.717, 1.165) is 6.42 Å². The highest BCUT2D eigenvalue weighted by Crippen LogP contribution is 2.33. The van der Waals surface area contributed by atoms with Crippen molar-refractivity contribution >= 4 is 27.5 Å². The Labute approximate surface area is 160 Å². The first-order valence-corrected chi connectivity index (χ1v) is 11.1. The molecule has 1 heterocycles. The second kappa shape index (κ2) is 9.07. The van der Waals surface area contributed by atoms with Crippen LogP contribution in [0.5, 0.6) is 5.75 Å². The summed E-state index contributed by atoms with van der Waals surface area (Å²) in [5, 5.41) is 5.58. The second-order valence-corrected chi connectivity index (χ2v) is 9.00. The molecule has 1 aromatic rings. The summed E-state index contributed by atoms with van der Waals surface area (Å²) in [7, 11) is -3.10. The summed E-state index contributed by atoms with van der Waals surface area (Å²) < 4.78 is 28.4. The molecule has 0 radical (unpaired) electrons. The van der Waals surface area contributed by atoms with Gasteiger partial charge in [-0.15, -0.1) is 0 Å². The van der Waals surface area contributed by atoms with Crippen LogP contribution in [0.4, 0.5) is 10.5 Å². The first-order chi connectivity index (χ1) is 12.7. The van der Waals surface area contributed by atoms with Gasteiger partial charge in [0.25, 0.3) is 5.91 Å². The van der Waals surface area contributed by atoms with E-state index in [9.17, 15) is 18.0 Å². The highest BCUT2D eigenvalue weighted by Gasteiger charge is 2.34. The van der Waals surface area contributed by atoms with Crippen LogP contribution in [0, 0.1) is 0 Å². The Morgan fingerprint density at radius 1 is 1.33 bits per heavy atom. The van der Waals surface area contributed by atoms with Crippen molar-refractivity contribution in [3.63, 3.8) is 0 Å². The van der Waals surface area contributed by atoms with Gasteiger partial charge in [0.05, 0.1) is 18.0 Å². The molecule has 0 fully saturated rings. The van der Waals surface area contributed by atoms with Crippen LogP contribution in [0.25, 0.3) is 0 Å². The smallest absolute Gasteiger partial charge is 0.322 e. The van der Waals surface area contributed by atoms with Crippen LogP contribution in [-0.2, 0) is 14.6 Å². The number of fused-ring (bicyclic) bond motifs is 1. The van der Waals surface area contributed by atoms with Gasteiger partial charge in [0, 0.05) is 18.8 Å². The average molecular weight is 397 g/mol. The Hall–Kier alpha value is -2.29. The number of urea groups is 1. The van der Waals surface area contributed by atoms with E-state index < -0.39 is 15.9 Å². The summed E-state index contributed by atoms with van der Waals surface area (Å²) in [5.74, 6) is 0.185. The number of hydrogen-bond donors (Lipinski definition) is 2. The van der Waals surface area contributed by atoms with Gasteiger partial charge >= 0.3 is 6.03 Å². The predicted molar refractivity (Wildman–Crippen MR) is 104 cm³/mol. The molecule has 2 rings (SSSR count). The fraction of sp³-hybridized carbons (Fsp3) is 0.556. The van der Waals surface area contributed by atoms with Gasteiger partial charge in [-0.2, -0.15) is 0 Å². The minimum Gasteiger partial charge on any atom is -0.477 e. The molecule has 0 saturated heterocycles. The van der Waals surface area contributed by atoms with Crippen molar-refractivity contribution in [2.24, 2.45) is 0 Å². The van der Waals surface area contributed by atoms with E-state index in [2.05, 4.69) is 10.6 Å². The SMILES string of the molecule is CCCNC(=O)C1CN(C(=O)NC(C)CCS(C)(=O)=O)c2ccccc2O1. The molecule has 2 atom stereocenters. The minimum atomic E-state index is -3.10. The van der Waals surface area contributed by atoms with E-state index in [-0.39, 0.29) is 30.3 Å². The molecule has 0 spiro atoms. The number of nitrogens with one attached hydrogen (secondary N) is 2. The second-order valence-electron chi connectivity index (χ2n) is 6.74. The van der Waals surface area contributed by atoms with E-state index in [0.29, 0.717) is 24.4 Å². The molecule has 150 valence electrons. The number of sulfone groups is 1. The van der Waals surface area contributed by atoms with Gasteiger partial charge in [-0.05, 0) is 31.9 Å². The third-order valence-corrected chi connectivity index (χ3v) is 5.13. The topological polar surface area (TPSA) is 105 Å². The van der Waals surface area contributed by atoms with Gasteiger partial charge in [-0.25, -0.2) is 13.2 Å². The molecule has 1 aliphatic heterocycles. The number of hydrogen-bond acceptors (Lipinski definition) is 5. The van der Waals surface area contributed by atoms with Crippen molar-refractivity contribution in [3.8, 4) is 5.75 Å². The molecule has 2 N–H and O–H groups in total. The highest BCUT2D eigenvalue weighted by molar-refractivity contribution is 7.90. The number of rotatable bonds is 7. The van der Waals surface area contributed by atoms with Crippen LogP contribution in [0.15, 0.2) is 24.3 Å². The molecule has 2 unspecified atom stereocenters. The van der Waals surface area contributed by atoms with Gasteiger partial charge in [0.2, 0.25) is 0 Å². The molecule has 1 aromatic carbocycles. The molecule has 9 heteroatoms. The Bertz CT molecular complexity index is 781. The molecule has 0 aliphatic carbocycles. The monoisotopic (exact) mass is 397 g/mol. The molecule has 8 nitrogen and oxygen atoms in total. The minimum absolute atomic E-state index is 0.00378. The Kier molecular flexibility index (Phi) is 7.06. The zero-order valence-electron chi connectivity index (χ0n) is 15.9. The van der Waals surface area contributed by atoms with E-state index in [4.69, 9.17) is 4.74 Å². The lowest BCUT2D eigenvalue weighted by molar-refractivity contribution is -0.127. The predicted octanol–water partition coefficient (Wildman–Crippen LogP) is 1.31. The number of anilines is 1. The van der Waals surface area contributed by atoms with Crippen LogP contribution in [-0.4, -0.2) is 57.6 Å². The quantitative estimate of drug-likeness (QED) is 0.722. The third kappa shape index (κ3) is 6.13. The summed E-state index contributed by atoms with van der Waals surface area (Å²) in [6.07, 6.45) is 1.48. The largest absolute Gasteiger partial charge is 0.477 e. The van der Waals surface area contributed by atoms with Gasteiger partial charge in [-0.1, -0.05) is 19.1 Å². The third-order valence-electron chi connectivity index (χ3n) is 4.15. The van der Waals surface area contributed by atoms with E-state index >= 15 is 0 Å². The average Bonchev–Trinajstić information content (AvgIpc) is 2.62. The van der Waals surface area contributed by atoms with Crippen LogP contribution in [0.1, 0.15) is 26.7 Å². The number of carbonyl (C=O) groups excluding carboxylic acids is 2. The number of amides is 3. The number of nitrogens with zero attached hydrogens (tertiary/aromatic N) is 1. The fourth-order valence-electron chi connectivity index (χ4n) is 2.68. The van der Waals surface area contributed by atoms with Gasteiger partial charge in [0.15, 0.2) is 6.10 Å². The first kappa shape index (κ1) is 21.0. The van der Waals surface area contributed by atoms with Crippen LogP contribution in [0.3, 0.4) is 0 Å². The van der Waals surface area contributed by atoms with Crippen LogP contribution in [0.2, 0.25) is 0 Å². The lowest BCUT2D eigenvalue weighted by Gasteiger charge is -2.34. The molecule has 3 amide bonds. The first-order valence-electron chi connectivity index (χ1n) is 9.00. The Balaban J connectivity index is 2.10. The molecule has 1 aliphatic rings. The summed E-state index contributed by atoms with van der Waals surface area (Å²) in [6.45, 7) is 4.32. The normalized spacial score (nSPS) is 17.4. The number of para-hydroxylation sites is 2. The maximum absolute atomic E-state index is 12.8. The summed E-state index contributed by atoms with van der Waals surface area (Å²) in [6, 6.07) is 6.30. The highest BCUT2D eigenvalue weighted by atomic mass is 32.2. The van der Waals surface area contributed by atoms with Crippen LogP contribution < -0.4 is 20.3 Å². The van der Waals surface area contributed by atoms with Crippen molar-refractivity contribution in [1.82, 2.24) is 10.6 Å². The van der Waals surface area contributed by atoms with E-state index in [1.807, 2.05) is 6.92 Å². The summed E-state index contributed by atoms with van der Waals surface area (Å²) in [4.78, 5) is 26.5. The van der Waals surface area contributed by atoms with Crippen molar-refractivity contribution in [2.75, 3.05) is 30.0 Å². The van der Waals surface area contributed by atoms with E-state index in [1.165, 1.54) is 11.2 Å². The van der Waals surface area contributed by atoms with Gasteiger partial charge < -0.3 is 15.4 Å². The zero-order chi connectivity index (χ0) is 20.0. The van der Waals surface area contributed by atoms with Crippen molar-refractivity contribution in [2.45, 2.75) is 38.8 Å². The van der Waals surface area contributed by atoms with E-state index in [1.54, 1.807) is 31.2 Å². The maximum Gasteiger partial charge on any atom is 0.322 e. The molecular formula is C18H27N3O5S.